The van der Waals surface area contributed by atoms with Crippen LogP contribution in [0, 0.1) is 22.7 Å². The van der Waals surface area contributed by atoms with Gasteiger partial charge in [0.25, 0.3) is 0 Å². The molecule has 3 aromatic rings. The number of rotatable bonds is 3. The van der Waals surface area contributed by atoms with E-state index in [9.17, 15) is 10.5 Å². The van der Waals surface area contributed by atoms with E-state index in [0.717, 1.165) is 5.56 Å². The monoisotopic (exact) mass is 345 g/mol. The number of nitrogens with zero attached hydrogens (tertiary/aromatic N) is 4. The third-order valence-electron chi connectivity index (χ3n) is 3.59. The predicted octanol–water partition coefficient (Wildman–Crippen LogP) is 4.04. The lowest BCUT2D eigenvalue weighted by atomic mass is 10.1. The smallest absolute Gasteiger partial charge is 0.145 e. The highest BCUT2D eigenvalue weighted by atomic mass is 35.5. The first kappa shape index (κ1) is 16.3. The van der Waals surface area contributed by atoms with Gasteiger partial charge in [0, 0.05) is 5.02 Å². The van der Waals surface area contributed by atoms with Crippen LogP contribution in [-0.2, 0) is 0 Å². The molecule has 3 rings (SSSR count). The number of hydrogen-bond acceptors (Lipinski definition) is 4. The molecule has 0 saturated carbocycles. The van der Waals surface area contributed by atoms with E-state index in [4.69, 9.17) is 17.3 Å². The van der Waals surface area contributed by atoms with Crippen LogP contribution in [0.25, 0.3) is 17.3 Å². The van der Waals surface area contributed by atoms with E-state index in [-0.39, 0.29) is 22.6 Å². The van der Waals surface area contributed by atoms with E-state index in [1.54, 1.807) is 30.3 Å². The average molecular weight is 346 g/mol. The lowest BCUT2D eigenvalue weighted by Gasteiger charge is -2.02. The van der Waals surface area contributed by atoms with Crippen molar-refractivity contribution in [2.24, 2.45) is 0 Å². The van der Waals surface area contributed by atoms with Crippen molar-refractivity contribution < 1.29 is 0 Å². The van der Waals surface area contributed by atoms with E-state index in [1.165, 1.54) is 4.68 Å². The maximum absolute atomic E-state index is 9.54. The van der Waals surface area contributed by atoms with Gasteiger partial charge >= 0.3 is 0 Å². The fraction of sp³-hybridized carbons (Fsp3) is 0. The minimum atomic E-state index is 0.172. The van der Waals surface area contributed by atoms with Gasteiger partial charge < -0.3 is 5.73 Å². The average Bonchev–Trinajstić information content (AvgIpc) is 2.98. The Morgan fingerprint density at radius 2 is 1.76 bits per heavy atom. The molecule has 0 radical (unpaired) electrons. The Morgan fingerprint density at radius 1 is 1.08 bits per heavy atom. The maximum Gasteiger partial charge on any atom is 0.145 e. The number of nitrogen functional groups attached to an aromatic ring is 1. The second-order valence-corrected chi connectivity index (χ2v) is 5.63. The summed E-state index contributed by atoms with van der Waals surface area (Å²) in [6.07, 6.45) is 1.65. The molecule has 0 saturated heterocycles. The molecule has 25 heavy (non-hydrogen) atoms. The van der Waals surface area contributed by atoms with Crippen LogP contribution >= 0.6 is 11.6 Å². The summed E-state index contributed by atoms with van der Waals surface area (Å²) in [6.45, 7) is 0. The molecule has 6 heteroatoms. The Bertz CT molecular complexity index is 1020. The van der Waals surface area contributed by atoms with Gasteiger partial charge in [0.15, 0.2) is 0 Å². The molecule has 0 atom stereocenters. The molecule has 120 valence electrons. The Morgan fingerprint density at radius 3 is 2.36 bits per heavy atom. The van der Waals surface area contributed by atoms with Gasteiger partial charge in [-0.25, -0.2) is 4.68 Å². The Hall–Kier alpha value is -3.54. The molecule has 0 amide bonds. The van der Waals surface area contributed by atoms with Crippen LogP contribution in [-0.4, -0.2) is 9.78 Å². The van der Waals surface area contributed by atoms with Gasteiger partial charge in [-0.15, -0.1) is 0 Å². The van der Waals surface area contributed by atoms with Crippen LogP contribution in [0.1, 0.15) is 16.8 Å². The molecular weight excluding hydrogens is 334 g/mol. The zero-order valence-corrected chi connectivity index (χ0v) is 13.8. The van der Waals surface area contributed by atoms with Crippen molar-refractivity contribution in [3.8, 4) is 17.8 Å². The Balaban J connectivity index is 2.14. The van der Waals surface area contributed by atoms with Crippen molar-refractivity contribution in [1.29, 1.82) is 10.5 Å². The molecule has 5 nitrogen and oxygen atoms in total. The van der Waals surface area contributed by atoms with Crippen molar-refractivity contribution in [3.05, 3.63) is 76.4 Å². The summed E-state index contributed by atoms with van der Waals surface area (Å²) in [5, 5.41) is 24.0. The molecule has 2 aromatic carbocycles. The summed E-state index contributed by atoms with van der Waals surface area (Å²) in [4.78, 5) is 0. The topological polar surface area (TPSA) is 91.4 Å². The fourth-order valence-corrected chi connectivity index (χ4v) is 2.50. The minimum absolute atomic E-state index is 0.172. The van der Waals surface area contributed by atoms with Crippen molar-refractivity contribution >= 4 is 29.1 Å². The first-order valence-corrected chi connectivity index (χ1v) is 7.73. The number of benzene rings is 2. The summed E-state index contributed by atoms with van der Waals surface area (Å²) in [7, 11) is 0. The van der Waals surface area contributed by atoms with E-state index < -0.39 is 0 Å². The molecule has 0 aliphatic heterocycles. The third-order valence-corrected chi connectivity index (χ3v) is 3.84. The first-order chi connectivity index (χ1) is 12.1. The Labute approximate surface area is 149 Å². The van der Waals surface area contributed by atoms with Gasteiger partial charge in [-0.3, -0.25) is 0 Å². The summed E-state index contributed by atoms with van der Waals surface area (Å²) in [5.41, 5.74) is 8.24. The predicted molar refractivity (Wildman–Crippen MR) is 97.6 cm³/mol. The van der Waals surface area contributed by atoms with Crippen molar-refractivity contribution in [1.82, 2.24) is 9.78 Å². The molecule has 1 aromatic heterocycles. The number of hydrogen-bond donors (Lipinski definition) is 1. The van der Waals surface area contributed by atoms with Gasteiger partial charge in [-0.05, 0) is 35.9 Å². The number of para-hydroxylation sites is 1. The highest BCUT2D eigenvalue weighted by Crippen LogP contribution is 2.27. The highest BCUT2D eigenvalue weighted by Gasteiger charge is 2.19. The van der Waals surface area contributed by atoms with Crippen LogP contribution in [0.15, 0.2) is 54.6 Å². The summed E-state index contributed by atoms with van der Waals surface area (Å²) >= 11 is 5.88. The van der Waals surface area contributed by atoms with Crippen LogP contribution in [0.4, 0.5) is 5.82 Å². The van der Waals surface area contributed by atoms with E-state index >= 15 is 0 Å². The maximum atomic E-state index is 9.54. The van der Waals surface area contributed by atoms with E-state index in [2.05, 4.69) is 11.2 Å². The molecule has 0 spiro atoms. The molecule has 0 aliphatic rings. The minimum Gasteiger partial charge on any atom is -0.382 e. The molecule has 0 aliphatic carbocycles. The standard InChI is InChI=1S/C19H12ClN5/c20-15-8-6-13(7-9-15)10-14(11-21)18-17(12-22)19(23)25(24-18)16-4-2-1-3-5-16/h1-10H,23H2. The second-order valence-electron chi connectivity index (χ2n) is 5.19. The molecule has 2 N–H and O–H groups in total. The van der Waals surface area contributed by atoms with Crippen LogP contribution < -0.4 is 5.73 Å². The quantitative estimate of drug-likeness (QED) is 0.725. The normalized spacial score (nSPS) is 10.9. The number of anilines is 1. The highest BCUT2D eigenvalue weighted by molar-refractivity contribution is 6.30. The van der Waals surface area contributed by atoms with Crippen LogP contribution in [0.2, 0.25) is 5.02 Å². The Kier molecular flexibility index (Phi) is 4.52. The van der Waals surface area contributed by atoms with Gasteiger partial charge in [0.2, 0.25) is 0 Å². The second kappa shape index (κ2) is 6.92. The van der Waals surface area contributed by atoms with Crippen molar-refractivity contribution in [2.45, 2.75) is 0 Å². The summed E-state index contributed by atoms with van der Waals surface area (Å²) in [5.74, 6) is 0.195. The summed E-state index contributed by atoms with van der Waals surface area (Å²) in [6, 6.07) is 20.4. The molecule has 0 fully saturated rings. The number of nitriles is 2. The van der Waals surface area contributed by atoms with Gasteiger partial charge in [-0.2, -0.15) is 15.6 Å². The molecule has 0 bridgehead atoms. The third kappa shape index (κ3) is 3.23. The fourth-order valence-electron chi connectivity index (χ4n) is 2.38. The SMILES string of the molecule is N#CC(=Cc1ccc(Cl)cc1)c1nn(-c2ccccc2)c(N)c1C#N. The lowest BCUT2D eigenvalue weighted by molar-refractivity contribution is 0.885. The number of aromatic nitrogens is 2. The number of nitrogens with two attached hydrogens (primary N) is 1. The van der Waals surface area contributed by atoms with Crippen molar-refractivity contribution in [3.63, 3.8) is 0 Å². The van der Waals surface area contributed by atoms with Crippen LogP contribution in [0.3, 0.4) is 0 Å². The summed E-state index contributed by atoms with van der Waals surface area (Å²) < 4.78 is 1.46. The number of halogens is 1. The van der Waals surface area contributed by atoms with Crippen LogP contribution in [0.5, 0.6) is 0 Å². The number of allylic oxidation sites excluding steroid dienone is 1. The first-order valence-electron chi connectivity index (χ1n) is 7.36. The molecule has 1 heterocycles. The zero-order valence-electron chi connectivity index (χ0n) is 13.0. The van der Waals surface area contributed by atoms with Gasteiger partial charge in [-0.1, -0.05) is 41.9 Å². The lowest BCUT2D eigenvalue weighted by Crippen LogP contribution is -2.02. The molecule has 0 unspecified atom stereocenters. The molecular formula is C19H12ClN5. The van der Waals surface area contributed by atoms with Crippen molar-refractivity contribution in [2.75, 3.05) is 5.73 Å². The van der Waals surface area contributed by atoms with E-state index in [0.29, 0.717) is 10.7 Å². The van der Waals surface area contributed by atoms with E-state index in [1.807, 2.05) is 36.4 Å². The van der Waals surface area contributed by atoms with Gasteiger partial charge in [0.1, 0.15) is 29.2 Å². The van der Waals surface area contributed by atoms with Gasteiger partial charge in [0.05, 0.1) is 11.3 Å². The zero-order chi connectivity index (χ0) is 17.8. The largest absolute Gasteiger partial charge is 0.382 e.